The van der Waals surface area contributed by atoms with Gasteiger partial charge in [0.1, 0.15) is 0 Å². The predicted molar refractivity (Wildman–Crippen MR) is 85.8 cm³/mol. The molecule has 0 bridgehead atoms. The minimum Gasteiger partial charge on any atom is -0.313 e. The maximum Gasteiger partial charge on any atom is 0.0630 e. The first-order chi connectivity index (χ1) is 9.72. The lowest BCUT2D eigenvalue weighted by molar-refractivity contribution is 0.471. The van der Waals surface area contributed by atoms with E-state index in [9.17, 15) is 0 Å². The van der Waals surface area contributed by atoms with Gasteiger partial charge in [-0.2, -0.15) is 0 Å². The van der Waals surface area contributed by atoms with Crippen molar-refractivity contribution in [1.82, 2.24) is 5.32 Å². The van der Waals surface area contributed by atoms with E-state index in [0.29, 0.717) is 22.0 Å². The van der Waals surface area contributed by atoms with Crippen LogP contribution < -0.4 is 5.32 Å². The van der Waals surface area contributed by atoms with Gasteiger partial charge >= 0.3 is 0 Å². The van der Waals surface area contributed by atoms with E-state index in [-0.39, 0.29) is 0 Å². The molecule has 1 nitrogen and oxygen atoms in total. The van der Waals surface area contributed by atoms with Gasteiger partial charge in [-0.05, 0) is 42.6 Å². The normalized spacial score (nSPS) is 21.6. The van der Waals surface area contributed by atoms with Crippen molar-refractivity contribution in [2.45, 2.75) is 24.8 Å². The summed E-state index contributed by atoms with van der Waals surface area (Å²) in [6.45, 7) is 0. The average molecular weight is 306 g/mol. The van der Waals surface area contributed by atoms with Crippen molar-refractivity contribution >= 4 is 23.2 Å². The van der Waals surface area contributed by atoms with E-state index in [2.05, 4.69) is 35.6 Å². The fraction of sp³-hybridized carbons (Fsp3) is 0.294. The van der Waals surface area contributed by atoms with E-state index in [0.717, 1.165) is 18.4 Å². The fourth-order valence-electron chi connectivity index (χ4n) is 3.20. The van der Waals surface area contributed by atoms with E-state index in [1.165, 1.54) is 11.1 Å². The summed E-state index contributed by atoms with van der Waals surface area (Å²) < 4.78 is 0. The molecule has 104 valence electrons. The summed E-state index contributed by atoms with van der Waals surface area (Å²) in [6.07, 6.45) is 2.20. The molecule has 0 saturated carbocycles. The van der Waals surface area contributed by atoms with Gasteiger partial charge in [0.2, 0.25) is 0 Å². The van der Waals surface area contributed by atoms with E-state index in [1.807, 2.05) is 19.2 Å². The third-order valence-corrected chi connectivity index (χ3v) is 5.03. The molecule has 0 spiro atoms. The summed E-state index contributed by atoms with van der Waals surface area (Å²) in [5.41, 5.74) is 3.88. The fourth-order valence-corrected chi connectivity index (χ4v) is 3.64. The largest absolute Gasteiger partial charge is 0.313 e. The summed E-state index contributed by atoms with van der Waals surface area (Å²) in [4.78, 5) is 0. The number of hydrogen-bond donors (Lipinski definition) is 1. The lowest BCUT2D eigenvalue weighted by Crippen LogP contribution is -2.24. The summed E-state index contributed by atoms with van der Waals surface area (Å²) in [7, 11) is 2.02. The Bertz CT molecular complexity index is 624. The van der Waals surface area contributed by atoms with Crippen LogP contribution >= 0.6 is 23.2 Å². The van der Waals surface area contributed by atoms with Crippen LogP contribution in [0.15, 0.2) is 42.5 Å². The second-order valence-corrected chi connectivity index (χ2v) is 6.03. The molecule has 0 aliphatic heterocycles. The molecule has 3 heteroatoms. The van der Waals surface area contributed by atoms with Crippen LogP contribution in [-0.4, -0.2) is 7.05 Å². The van der Waals surface area contributed by atoms with Crippen LogP contribution in [0.4, 0.5) is 0 Å². The zero-order valence-corrected chi connectivity index (χ0v) is 12.9. The van der Waals surface area contributed by atoms with Gasteiger partial charge in [0.05, 0.1) is 10.0 Å². The standard InChI is InChI=1S/C17H17Cl2N/c1-20-16-10-9-12(11-5-2-3-6-13(11)16)14-7-4-8-15(18)17(14)19/h2-8,12,16,20H,9-10H2,1H3/t12-,16-/m0/s1. The van der Waals surface area contributed by atoms with Crippen molar-refractivity contribution in [1.29, 1.82) is 0 Å². The molecular weight excluding hydrogens is 289 g/mol. The molecule has 1 N–H and O–H groups in total. The van der Waals surface area contributed by atoms with E-state index >= 15 is 0 Å². The van der Waals surface area contributed by atoms with Crippen LogP contribution in [0.3, 0.4) is 0 Å². The lowest BCUT2D eigenvalue weighted by atomic mass is 9.77. The van der Waals surface area contributed by atoms with Gasteiger partial charge in [-0.1, -0.05) is 59.6 Å². The summed E-state index contributed by atoms with van der Waals surface area (Å²) in [6, 6.07) is 15.0. The molecule has 2 atom stereocenters. The number of halogens is 2. The first-order valence-corrected chi connectivity index (χ1v) is 7.68. The van der Waals surface area contributed by atoms with E-state index in [1.54, 1.807) is 0 Å². The smallest absolute Gasteiger partial charge is 0.0630 e. The zero-order valence-electron chi connectivity index (χ0n) is 11.4. The Kier molecular flexibility index (Phi) is 4.02. The van der Waals surface area contributed by atoms with Crippen LogP contribution in [-0.2, 0) is 0 Å². The van der Waals surface area contributed by atoms with Gasteiger partial charge in [-0.15, -0.1) is 0 Å². The molecule has 0 amide bonds. The third kappa shape index (κ3) is 2.35. The molecule has 2 aromatic carbocycles. The van der Waals surface area contributed by atoms with E-state index in [4.69, 9.17) is 23.2 Å². The Morgan fingerprint density at radius 2 is 1.60 bits per heavy atom. The summed E-state index contributed by atoms with van der Waals surface area (Å²) >= 11 is 12.6. The summed E-state index contributed by atoms with van der Waals surface area (Å²) in [5.74, 6) is 0.335. The maximum absolute atomic E-state index is 6.42. The van der Waals surface area contributed by atoms with E-state index < -0.39 is 0 Å². The molecular formula is C17H17Cl2N. The highest BCUT2D eigenvalue weighted by Gasteiger charge is 2.28. The first kappa shape index (κ1) is 13.9. The Morgan fingerprint density at radius 1 is 0.900 bits per heavy atom. The third-order valence-electron chi connectivity index (χ3n) is 4.20. The minimum absolute atomic E-state index is 0.335. The zero-order chi connectivity index (χ0) is 14.1. The van der Waals surface area contributed by atoms with Crippen molar-refractivity contribution in [2.75, 3.05) is 7.05 Å². The van der Waals surface area contributed by atoms with Crippen LogP contribution in [0.25, 0.3) is 0 Å². The molecule has 0 heterocycles. The van der Waals surface area contributed by atoms with Gasteiger partial charge in [-0.3, -0.25) is 0 Å². The van der Waals surface area contributed by atoms with Crippen LogP contribution in [0.5, 0.6) is 0 Å². The maximum atomic E-state index is 6.42. The molecule has 0 radical (unpaired) electrons. The molecule has 0 aromatic heterocycles. The monoisotopic (exact) mass is 305 g/mol. The number of fused-ring (bicyclic) bond motifs is 1. The number of benzene rings is 2. The van der Waals surface area contributed by atoms with Crippen molar-refractivity contribution in [2.24, 2.45) is 0 Å². The highest BCUT2D eigenvalue weighted by molar-refractivity contribution is 6.42. The van der Waals surface area contributed by atoms with Gasteiger partial charge in [0.15, 0.2) is 0 Å². The highest BCUT2D eigenvalue weighted by Crippen LogP contribution is 2.44. The molecule has 0 saturated heterocycles. The van der Waals surface area contributed by atoms with Crippen LogP contribution in [0.1, 0.15) is 41.5 Å². The van der Waals surface area contributed by atoms with Gasteiger partial charge in [0, 0.05) is 12.0 Å². The quantitative estimate of drug-likeness (QED) is 0.806. The van der Waals surface area contributed by atoms with Crippen LogP contribution in [0.2, 0.25) is 10.0 Å². The van der Waals surface area contributed by atoms with Crippen molar-refractivity contribution < 1.29 is 0 Å². The first-order valence-electron chi connectivity index (χ1n) is 6.92. The second kappa shape index (κ2) is 5.77. The molecule has 1 aliphatic rings. The molecule has 1 aliphatic carbocycles. The van der Waals surface area contributed by atoms with Crippen molar-refractivity contribution in [3.05, 3.63) is 69.2 Å². The SMILES string of the molecule is CN[C@H]1CC[C@H](c2cccc(Cl)c2Cl)c2ccccc21. The predicted octanol–water partition coefficient (Wildman–Crippen LogP) is 5.18. The molecule has 2 aromatic rings. The minimum atomic E-state index is 0.335. The number of nitrogens with one attached hydrogen (secondary N) is 1. The Labute approximate surface area is 129 Å². The van der Waals surface area contributed by atoms with Crippen molar-refractivity contribution in [3.8, 4) is 0 Å². The van der Waals surface area contributed by atoms with Gasteiger partial charge in [0.25, 0.3) is 0 Å². The second-order valence-electron chi connectivity index (χ2n) is 5.24. The summed E-state index contributed by atoms with van der Waals surface area (Å²) in [5, 5.41) is 4.73. The number of rotatable bonds is 2. The average Bonchev–Trinajstić information content (AvgIpc) is 2.49. The molecule has 3 rings (SSSR count). The topological polar surface area (TPSA) is 12.0 Å². The Hall–Kier alpha value is -1.02. The lowest BCUT2D eigenvalue weighted by Gasteiger charge is -2.32. The Balaban J connectivity index is 2.10. The molecule has 0 unspecified atom stereocenters. The van der Waals surface area contributed by atoms with Crippen molar-refractivity contribution in [3.63, 3.8) is 0 Å². The van der Waals surface area contributed by atoms with Crippen LogP contribution in [0, 0.1) is 0 Å². The molecule has 20 heavy (non-hydrogen) atoms. The Morgan fingerprint density at radius 3 is 2.35 bits per heavy atom. The highest BCUT2D eigenvalue weighted by atomic mass is 35.5. The van der Waals surface area contributed by atoms with Gasteiger partial charge < -0.3 is 5.32 Å². The number of hydrogen-bond acceptors (Lipinski definition) is 1. The molecule has 0 fully saturated rings. The van der Waals surface area contributed by atoms with Gasteiger partial charge in [-0.25, -0.2) is 0 Å².